The summed E-state index contributed by atoms with van der Waals surface area (Å²) < 4.78 is 24.0. The van der Waals surface area contributed by atoms with E-state index in [9.17, 15) is 13.2 Å². The predicted molar refractivity (Wildman–Crippen MR) is 69.1 cm³/mol. The molecule has 3 N–H and O–H groups in total. The quantitative estimate of drug-likeness (QED) is 0.620. The average Bonchev–Trinajstić information content (AvgIpc) is 2.74. The van der Waals surface area contributed by atoms with Gasteiger partial charge in [0.05, 0.1) is 18.2 Å². The number of nitrogens with one attached hydrogen (secondary N) is 1. The van der Waals surface area contributed by atoms with Crippen molar-refractivity contribution in [2.45, 2.75) is 18.9 Å². The van der Waals surface area contributed by atoms with E-state index in [1.54, 1.807) is 16.7 Å². The smallest absolute Gasteiger partial charge is 0.240 e. The van der Waals surface area contributed by atoms with Crippen LogP contribution in [-0.2, 0) is 14.8 Å². The Hall–Kier alpha value is -0.310. The fourth-order valence-corrected chi connectivity index (χ4v) is 3.00. The molecule has 1 heterocycles. The maximum absolute atomic E-state index is 11.8. The van der Waals surface area contributed by atoms with Gasteiger partial charge in [-0.25, -0.2) is 13.1 Å². The number of rotatable bonds is 6. The van der Waals surface area contributed by atoms with E-state index < -0.39 is 16.1 Å². The van der Waals surface area contributed by atoms with E-state index in [1.165, 1.54) is 0 Å². The maximum atomic E-state index is 11.8. The zero-order chi connectivity index (χ0) is 12.9. The van der Waals surface area contributed by atoms with Crippen LogP contribution in [0.2, 0.25) is 0 Å². The molecule has 100 valence electrons. The highest BCUT2D eigenvalue weighted by Gasteiger charge is 2.23. The number of hydrogen-bond donors (Lipinski definition) is 2. The second kappa shape index (κ2) is 6.58. The van der Waals surface area contributed by atoms with Gasteiger partial charge in [-0.15, -0.1) is 11.8 Å². The number of carbonyl (C=O) groups excluding carboxylic acids is 1. The fraction of sp³-hybridized carbons (Fsp3) is 0.889. The third kappa shape index (κ3) is 5.71. The maximum Gasteiger partial charge on any atom is 0.240 e. The van der Waals surface area contributed by atoms with E-state index in [2.05, 4.69) is 4.72 Å². The van der Waals surface area contributed by atoms with Gasteiger partial charge < -0.3 is 10.6 Å². The molecule has 17 heavy (non-hydrogen) atoms. The first-order valence-electron chi connectivity index (χ1n) is 5.47. The van der Waals surface area contributed by atoms with Crippen molar-refractivity contribution in [3.05, 3.63) is 0 Å². The number of nitrogens with zero attached hydrogens (tertiary/aromatic N) is 1. The van der Waals surface area contributed by atoms with Crippen molar-refractivity contribution in [3.8, 4) is 0 Å². The first kappa shape index (κ1) is 14.7. The number of nitrogens with two attached hydrogens (primary N) is 1. The van der Waals surface area contributed by atoms with Crippen LogP contribution in [0.3, 0.4) is 0 Å². The van der Waals surface area contributed by atoms with Crippen LogP contribution in [0.5, 0.6) is 0 Å². The number of carbonyl (C=O) groups is 1. The molecule has 0 aromatic heterocycles. The highest BCUT2D eigenvalue weighted by molar-refractivity contribution is 7.99. The summed E-state index contributed by atoms with van der Waals surface area (Å²) >= 11 is 1.72. The third-order valence-corrected chi connectivity index (χ3v) is 4.13. The van der Waals surface area contributed by atoms with Gasteiger partial charge in [-0.2, -0.15) is 0 Å². The first-order valence-corrected chi connectivity index (χ1v) is 8.51. The molecule has 0 radical (unpaired) electrons. The van der Waals surface area contributed by atoms with E-state index in [-0.39, 0.29) is 5.91 Å². The third-order valence-electron chi connectivity index (χ3n) is 2.44. The van der Waals surface area contributed by atoms with Crippen molar-refractivity contribution >= 4 is 27.7 Å². The first-order chi connectivity index (χ1) is 7.90. The van der Waals surface area contributed by atoms with E-state index in [1.807, 2.05) is 0 Å². The molecule has 0 spiro atoms. The van der Waals surface area contributed by atoms with Gasteiger partial charge in [-0.05, 0) is 12.8 Å². The summed E-state index contributed by atoms with van der Waals surface area (Å²) in [5.74, 6) is 1.65. The molecule has 1 amide bonds. The Morgan fingerprint density at radius 3 is 2.82 bits per heavy atom. The Labute approximate surface area is 106 Å². The molecule has 0 aromatic rings. The van der Waals surface area contributed by atoms with Crippen molar-refractivity contribution in [3.63, 3.8) is 0 Å². The number of thioether (sulfide) groups is 1. The second-order valence-corrected chi connectivity index (χ2v) is 6.96. The van der Waals surface area contributed by atoms with Gasteiger partial charge >= 0.3 is 0 Å². The zero-order valence-electron chi connectivity index (χ0n) is 9.89. The van der Waals surface area contributed by atoms with Crippen molar-refractivity contribution in [2.75, 3.05) is 31.0 Å². The molecule has 6 nitrogen and oxygen atoms in total. The summed E-state index contributed by atoms with van der Waals surface area (Å²) in [5, 5.41) is 0. The summed E-state index contributed by atoms with van der Waals surface area (Å²) in [5.41, 5.74) is 5.77. The van der Waals surface area contributed by atoms with Gasteiger partial charge in [0.15, 0.2) is 0 Å². The Kier molecular flexibility index (Phi) is 5.71. The summed E-state index contributed by atoms with van der Waals surface area (Å²) in [7, 11) is -3.15. The number of amides is 1. The predicted octanol–water partition coefficient (Wildman–Crippen LogP) is -0.824. The fourth-order valence-electron chi connectivity index (χ4n) is 1.53. The van der Waals surface area contributed by atoms with Crippen LogP contribution in [0.1, 0.15) is 12.8 Å². The molecule has 1 atom stereocenters. The molecule has 1 aliphatic heterocycles. The standard InChI is InChI=1S/C9H19N3O3S2/c1-17(14,15)11-4-2-3-8(10)9(13)12-5-6-16-7-12/h8,11H,2-7,10H2,1H3. The molecule has 1 rings (SSSR count). The lowest BCUT2D eigenvalue weighted by atomic mass is 10.1. The molecule has 0 aromatic carbocycles. The van der Waals surface area contributed by atoms with Gasteiger partial charge in [0.1, 0.15) is 0 Å². The molecular weight excluding hydrogens is 262 g/mol. The van der Waals surface area contributed by atoms with Crippen LogP contribution in [0.4, 0.5) is 0 Å². The van der Waals surface area contributed by atoms with Gasteiger partial charge in [0.2, 0.25) is 15.9 Å². The Bertz CT molecular complexity index is 352. The molecular formula is C9H19N3O3S2. The summed E-state index contributed by atoms with van der Waals surface area (Å²) in [4.78, 5) is 13.5. The van der Waals surface area contributed by atoms with Crippen LogP contribution < -0.4 is 10.5 Å². The van der Waals surface area contributed by atoms with Gasteiger partial charge in [0, 0.05) is 18.8 Å². The largest absolute Gasteiger partial charge is 0.331 e. The summed E-state index contributed by atoms with van der Waals surface area (Å²) in [6.07, 6.45) is 2.18. The number of sulfonamides is 1. The SMILES string of the molecule is CS(=O)(=O)NCCCC(N)C(=O)N1CCSC1. The normalized spacial score (nSPS) is 18.4. The van der Waals surface area contributed by atoms with Crippen LogP contribution >= 0.6 is 11.8 Å². The van der Waals surface area contributed by atoms with Gasteiger partial charge in [-0.3, -0.25) is 4.79 Å². The van der Waals surface area contributed by atoms with Crippen molar-refractivity contribution in [1.29, 1.82) is 0 Å². The summed E-state index contributed by atoms with van der Waals surface area (Å²) in [6, 6.07) is -0.518. The lowest BCUT2D eigenvalue weighted by molar-refractivity contribution is -0.131. The lowest BCUT2D eigenvalue weighted by Gasteiger charge is -2.19. The van der Waals surface area contributed by atoms with E-state index in [4.69, 9.17) is 5.73 Å². The van der Waals surface area contributed by atoms with E-state index in [0.29, 0.717) is 25.3 Å². The minimum atomic E-state index is -3.15. The lowest BCUT2D eigenvalue weighted by Crippen LogP contribution is -2.42. The topological polar surface area (TPSA) is 92.5 Å². The van der Waals surface area contributed by atoms with Gasteiger partial charge in [-0.1, -0.05) is 0 Å². The number of hydrogen-bond acceptors (Lipinski definition) is 5. The minimum Gasteiger partial charge on any atom is -0.331 e. The van der Waals surface area contributed by atoms with Crippen molar-refractivity contribution in [2.24, 2.45) is 5.73 Å². The molecule has 8 heteroatoms. The summed E-state index contributed by atoms with van der Waals surface area (Å²) in [6.45, 7) is 1.09. The van der Waals surface area contributed by atoms with E-state index >= 15 is 0 Å². The molecule has 1 aliphatic rings. The van der Waals surface area contributed by atoms with Gasteiger partial charge in [0.25, 0.3) is 0 Å². The van der Waals surface area contributed by atoms with Crippen LogP contribution in [0, 0.1) is 0 Å². The van der Waals surface area contributed by atoms with E-state index in [0.717, 1.165) is 18.6 Å². The minimum absolute atomic E-state index is 0.0330. The molecule has 0 bridgehead atoms. The molecule has 0 aliphatic carbocycles. The Morgan fingerprint density at radius 2 is 2.29 bits per heavy atom. The Morgan fingerprint density at radius 1 is 1.59 bits per heavy atom. The molecule has 1 unspecified atom stereocenters. The highest BCUT2D eigenvalue weighted by atomic mass is 32.2. The van der Waals surface area contributed by atoms with Crippen LogP contribution in [0.15, 0.2) is 0 Å². The second-order valence-electron chi connectivity index (χ2n) is 4.05. The molecule has 1 saturated heterocycles. The monoisotopic (exact) mass is 281 g/mol. The highest BCUT2D eigenvalue weighted by Crippen LogP contribution is 2.14. The molecule has 1 fully saturated rings. The van der Waals surface area contributed by atoms with Crippen LogP contribution in [-0.4, -0.2) is 56.2 Å². The average molecular weight is 281 g/mol. The Balaban J connectivity index is 2.20. The van der Waals surface area contributed by atoms with Crippen LogP contribution in [0.25, 0.3) is 0 Å². The molecule has 0 saturated carbocycles. The zero-order valence-corrected chi connectivity index (χ0v) is 11.5. The van der Waals surface area contributed by atoms with Crippen molar-refractivity contribution in [1.82, 2.24) is 9.62 Å². The van der Waals surface area contributed by atoms with Crippen molar-refractivity contribution < 1.29 is 13.2 Å².